The number of carbonyl (C=O) groups excluding carboxylic acids is 4. The maximum absolute atomic E-state index is 13.2. The van der Waals surface area contributed by atoms with Crippen LogP contribution in [0.4, 0.5) is 0 Å². The van der Waals surface area contributed by atoms with Gasteiger partial charge in [0.2, 0.25) is 23.6 Å². The lowest BCUT2D eigenvalue weighted by molar-refractivity contribution is -0.142. The summed E-state index contributed by atoms with van der Waals surface area (Å²) >= 11 is 0. The first kappa shape index (κ1) is 31.5. The summed E-state index contributed by atoms with van der Waals surface area (Å²) in [4.78, 5) is 61.6. The van der Waals surface area contributed by atoms with Crippen LogP contribution in [0.15, 0.2) is 30.3 Å². The van der Waals surface area contributed by atoms with Crippen molar-refractivity contribution in [2.45, 2.75) is 76.5 Å². The molecular formula is C25H40N6O6. The quantitative estimate of drug-likeness (QED) is 0.128. The summed E-state index contributed by atoms with van der Waals surface area (Å²) in [6.07, 6.45) is 1.44. The Kier molecular flexibility index (Phi) is 13.9. The van der Waals surface area contributed by atoms with Gasteiger partial charge in [-0.25, -0.2) is 4.79 Å². The number of hydrogen-bond acceptors (Lipinski definition) is 7. The number of rotatable bonds is 17. The molecule has 4 unspecified atom stereocenters. The number of hydrogen-bond donors (Lipinski definition) is 7. The van der Waals surface area contributed by atoms with Crippen molar-refractivity contribution in [1.82, 2.24) is 16.0 Å². The third-order valence-electron chi connectivity index (χ3n) is 5.76. The average Bonchev–Trinajstić information content (AvgIpc) is 2.84. The number of carboxylic acids is 1. The molecule has 12 nitrogen and oxygen atoms in total. The maximum atomic E-state index is 13.2. The Morgan fingerprint density at radius 2 is 1.49 bits per heavy atom. The molecule has 0 aromatic heterocycles. The summed E-state index contributed by atoms with van der Waals surface area (Å²) in [5.41, 5.74) is 17.3. The smallest absolute Gasteiger partial charge is 0.326 e. The zero-order valence-corrected chi connectivity index (χ0v) is 21.4. The van der Waals surface area contributed by atoms with Gasteiger partial charge in [-0.2, -0.15) is 0 Å². The van der Waals surface area contributed by atoms with Crippen LogP contribution in [-0.2, 0) is 30.4 Å². The highest BCUT2D eigenvalue weighted by Crippen LogP contribution is 2.09. The number of unbranched alkanes of at least 4 members (excludes halogenated alkanes) is 1. The molecule has 0 bridgehead atoms. The summed E-state index contributed by atoms with van der Waals surface area (Å²) in [7, 11) is 0. The Hall–Kier alpha value is -3.51. The highest BCUT2D eigenvalue weighted by atomic mass is 16.4. The first-order valence-corrected chi connectivity index (χ1v) is 12.4. The molecule has 0 saturated carbocycles. The van der Waals surface area contributed by atoms with E-state index < -0.39 is 53.8 Å². The average molecular weight is 521 g/mol. The highest BCUT2D eigenvalue weighted by molar-refractivity contribution is 5.94. The minimum absolute atomic E-state index is 0.0674. The summed E-state index contributed by atoms with van der Waals surface area (Å²) in [5.74, 6) is -4.23. The van der Waals surface area contributed by atoms with Crippen LogP contribution in [0, 0.1) is 5.92 Å². The first-order valence-electron chi connectivity index (χ1n) is 12.4. The van der Waals surface area contributed by atoms with Gasteiger partial charge in [0.1, 0.15) is 18.1 Å². The summed E-state index contributed by atoms with van der Waals surface area (Å²) in [6, 6.07) is 4.53. The zero-order valence-electron chi connectivity index (χ0n) is 21.4. The van der Waals surface area contributed by atoms with E-state index in [1.807, 2.05) is 0 Å². The van der Waals surface area contributed by atoms with Crippen molar-refractivity contribution < 1.29 is 29.1 Å². The van der Waals surface area contributed by atoms with E-state index in [1.165, 1.54) is 0 Å². The Balaban J connectivity index is 3.04. The molecule has 4 amide bonds. The van der Waals surface area contributed by atoms with Gasteiger partial charge in [-0.05, 0) is 37.3 Å². The molecule has 4 atom stereocenters. The van der Waals surface area contributed by atoms with E-state index in [-0.39, 0.29) is 25.2 Å². The molecule has 206 valence electrons. The molecule has 0 radical (unpaired) electrons. The van der Waals surface area contributed by atoms with Gasteiger partial charge < -0.3 is 38.3 Å². The van der Waals surface area contributed by atoms with Gasteiger partial charge in [0.15, 0.2) is 0 Å². The molecule has 1 aromatic rings. The van der Waals surface area contributed by atoms with Crippen molar-refractivity contribution in [2.75, 3.05) is 6.54 Å². The number of primary amides is 1. The van der Waals surface area contributed by atoms with Gasteiger partial charge in [-0.3, -0.25) is 19.2 Å². The molecule has 37 heavy (non-hydrogen) atoms. The molecule has 1 aromatic carbocycles. The number of aliphatic carboxylic acids is 1. The summed E-state index contributed by atoms with van der Waals surface area (Å²) < 4.78 is 0. The number of carbonyl (C=O) groups is 5. The largest absolute Gasteiger partial charge is 0.480 e. The molecule has 12 heteroatoms. The van der Waals surface area contributed by atoms with E-state index in [0.717, 1.165) is 12.0 Å². The van der Waals surface area contributed by atoms with Gasteiger partial charge in [-0.15, -0.1) is 0 Å². The van der Waals surface area contributed by atoms with Gasteiger partial charge in [0.05, 0.1) is 6.04 Å². The molecule has 0 saturated heterocycles. The third kappa shape index (κ3) is 11.8. The Morgan fingerprint density at radius 1 is 0.865 bits per heavy atom. The van der Waals surface area contributed by atoms with Crippen molar-refractivity contribution in [2.24, 2.45) is 23.1 Å². The number of nitrogens with one attached hydrogen (secondary N) is 3. The minimum atomic E-state index is -1.37. The number of benzene rings is 1. The minimum Gasteiger partial charge on any atom is -0.480 e. The van der Waals surface area contributed by atoms with E-state index in [9.17, 15) is 29.1 Å². The lowest BCUT2D eigenvalue weighted by Crippen LogP contribution is -2.58. The fourth-order valence-electron chi connectivity index (χ4n) is 3.57. The molecule has 0 aliphatic carbocycles. The molecule has 1 rings (SSSR count). The fraction of sp³-hybridized carbons (Fsp3) is 0.560. The van der Waals surface area contributed by atoms with Crippen molar-refractivity contribution in [3.05, 3.63) is 35.9 Å². The number of carboxylic acid groups (broad SMARTS) is 1. The summed E-state index contributed by atoms with van der Waals surface area (Å²) in [5, 5.41) is 17.1. The van der Waals surface area contributed by atoms with Gasteiger partial charge in [0, 0.05) is 12.8 Å². The van der Waals surface area contributed by atoms with Crippen LogP contribution < -0.4 is 33.2 Å². The van der Waals surface area contributed by atoms with Gasteiger partial charge in [-0.1, -0.05) is 50.6 Å². The van der Waals surface area contributed by atoms with Crippen LogP contribution in [0.2, 0.25) is 0 Å². The van der Waals surface area contributed by atoms with Gasteiger partial charge in [0.25, 0.3) is 0 Å². The second-order valence-corrected chi connectivity index (χ2v) is 9.28. The molecule has 0 spiro atoms. The van der Waals surface area contributed by atoms with Crippen LogP contribution in [0.1, 0.15) is 51.5 Å². The maximum Gasteiger partial charge on any atom is 0.326 e. The molecule has 0 aliphatic heterocycles. The lowest BCUT2D eigenvalue weighted by Gasteiger charge is -2.27. The van der Waals surface area contributed by atoms with Crippen LogP contribution in [0.25, 0.3) is 0 Å². The van der Waals surface area contributed by atoms with Crippen molar-refractivity contribution in [3.8, 4) is 0 Å². The lowest BCUT2D eigenvalue weighted by atomic mass is 10.00. The Bertz CT molecular complexity index is 910. The summed E-state index contributed by atoms with van der Waals surface area (Å²) in [6.45, 7) is 3.96. The predicted molar refractivity (Wildman–Crippen MR) is 138 cm³/mol. The number of nitrogens with two attached hydrogens (primary N) is 3. The second kappa shape index (κ2) is 16.3. The number of amides is 4. The van der Waals surface area contributed by atoms with Crippen LogP contribution in [0.3, 0.4) is 0 Å². The van der Waals surface area contributed by atoms with E-state index >= 15 is 0 Å². The SMILES string of the molecule is CC(C)C(NC(=O)C(N)CCCCN)C(=O)NC(Cc1ccccc1)C(=O)NC(CCC(N)=O)C(=O)O. The van der Waals surface area contributed by atoms with Gasteiger partial charge >= 0.3 is 5.97 Å². The zero-order chi connectivity index (χ0) is 28.0. The fourth-order valence-corrected chi connectivity index (χ4v) is 3.57. The van der Waals surface area contributed by atoms with Crippen molar-refractivity contribution in [3.63, 3.8) is 0 Å². The van der Waals surface area contributed by atoms with Crippen LogP contribution in [0.5, 0.6) is 0 Å². The van der Waals surface area contributed by atoms with Crippen LogP contribution >= 0.6 is 0 Å². The van der Waals surface area contributed by atoms with Crippen molar-refractivity contribution in [1.29, 1.82) is 0 Å². The normalized spacial score (nSPS) is 14.2. The Labute approximate surface area is 217 Å². The van der Waals surface area contributed by atoms with Crippen LogP contribution in [-0.4, -0.2) is 65.4 Å². The molecular weight excluding hydrogens is 480 g/mol. The molecule has 0 aliphatic rings. The third-order valence-corrected chi connectivity index (χ3v) is 5.76. The standard InChI is InChI=1S/C25H40N6O6/c1-15(2)21(31-22(33)17(27)10-6-7-13-26)24(35)30-19(14-16-8-4-3-5-9-16)23(34)29-18(25(36)37)11-12-20(28)32/h3-5,8-9,15,17-19,21H,6-7,10-14,26-27H2,1-2H3,(H2,28,32)(H,29,34)(H,30,35)(H,31,33)(H,36,37). The van der Waals surface area contributed by atoms with E-state index in [1.54, 1.807) is 44.2 Å². The molecule has 0 heterocycles. The Morgan fingerprint density at radius 3 is 2.03 bits per heavy atom. The first-order chi connectivity index (χ1) is 17.5. The highest BCUT2D eigenvalue weighted by Gasteiger charge is 2.31. The molecule has 10 N–H and O–H groups in total. The van der Waals surface area contributed by atoms with E-state index in [4.69, 9.17) is 17.2 Å². The monoisotopic (exact) mass is 520 g/mol. The second-order valence-electron chi connectivity index (χ2n) is 9.28. The van der Waals surface area contributed by atoms with Crippen molar-refractivity contribution >= 4 is 29.6 Å². The molecule has 0 fully saturated rings. The predicted octanol–water partition coefficient (Wildman–Crippen LogP) is -0.854. The van der Waals surface area contributed by atoms with E-state index in [2.05, 4.69) is 16.0 Å². The van der Waals surface area contributed by atoms with E-state index in [0.29, 0.717) is 19.4 Å². The topological polar surface area (TPSA) is 220 Å².